The lowest BCUT2D eigenvalue weighted by Gasteiger charge is -2.21. The Hall–Kier alpha value is -2.33. The molecule has 1 atom stereocenters. The maximum atomic E-state index is 12.3. The lowest BCUT2D eigenvalue weighted by atomic mass is 10.1. The van der Waals surface area contributed by atoms with Gasteiger partial charge in [0, 0.05) is 29.4 Å². The monoisotopic (exact) mass is 359 g/mol. The van der Waals surface area contributed by atoms with E-state index in [9.17, 15) is 9.59 Å². The van der Waals surface area contributed by atoms with Crippen molar-refractivity contribution in [2.24, 2.45) is 0 Å². The van der Waals surface area contributed by atoms with Crippen LogP contribution in [0.1, 0.15) is 41.5 Å². The zero-order chi connectivity index (χ0) is 18.4. The quantitative estimate of drug-likeness (QED) is 0.534. The standard InChI is InChI=1S/C20H22ClNO3/c1-4-22(5-2)18-12-8-16(9-13-18)20(24)25-14(3)19(23)15-6-10-17(21)11-7-15/h6-14H,4-5H2,1-3H3. The Morgan fingerprint density at radius 2 is 1.48 bits per heavy atom. The Morgan fingerprint density at radius 1 is 0.960 bits per heavy atom. The molecule has 0 bridgehead atoms. The van der Waals surface area contributed by atoms with Crippen LogP contribution in [0, 0.1) is 0 Å². The Labute approximate surface area is 153 Å². The molecule has 0 radical (unpaired) electrons. The molecule has 0 aliphatic heterocycles. The molecule has 0 amide bonds. The van der Waals surface area contributed by atoms with E-state index in [0.717, 1.165) is 18.8 Å². The average molecular weight is 360 g/mol. The molecule has 132 valence electrons. The van der Waals surface area contributed by atoms with Gasteiger partial charge in [-0.25, -0.2) is 4.79 Å². The summed E-state index contributed by atoms with van der Waals surface area (Å²) in [5.74, 6) is -0.773. The molecule has 5 heteroatoms. The van der Waals surface area contributed by atoms with Crippen molar-refractivity contribution in [2.45, 2.75) is 26.9 Å². The largest absolute Gasteiger partial charge is 0.451 e. The summed E-state index contributed by atoms with van der Waals surface area (Å²) in [5.41, 5.74) is 1.93. The number of anilines is 1. The molecule has 0 aliphatic carbocycles. The summed E-state index contributed by atoms with van der Waals surface area (Å²) < 4.78 is 5.30. The molecule has 0 heterocycles. The first-order chi connectivity index (χ1) is 12.0. The number of esters is 1. The van der Waals surface area contributed by atoms with E-state index < -0.39 is 12.1 Å². The number of Topliss-reactive ketones (excluding diaryl/α,β-unsaturated/α-hetero) is 1. The van der Waals surface area contributed by atoms with E-state index in [1.165, 1.54) is 0 Å². The van der Waals surface area contributed by atoms with Crippen LogP contribution in [-0.2, 0) is 4.74 Å². The van der Waals surface area contributed by atoms with Crippen LogP contribution < -0.4 is 4.90 Å². The van der Waals surface area contributed by atoms with Crippen molar-refractivity contribution in [1.82, 2.24) is 0 Å². The molecule has 2 aromatic rings. The van der Waals surface area contributed by atoms with Gasteiger partial charge in [-0.05, 0) is 69.3 Å². The van der Waals surface area contributed by atoms with Gasteiger partial charge in [0.1, 0.15) is 0 Å². The van der Waals surface area contributed by atoms with Crippen molar-refractivity contribution in [3.8, 4) is 0 Å². The van der Waals surface area contributed by atoms with Crippen molar-refractivity contribution >= 4 is 29.0 Å². The first-order valence-corrected chi connectivity index (χ1v) is 8.69. The first kappa shape index (κ1) is 19.0. The number of ether oxygens (including phenoxy) is 1. The van der Waals surface area contributed by atoms with E-state index in [1.54, 1.807) is 43.3 Å². The highest BCUT2D eigenvalue weighted by Gasteiger charge is 2.20. The normalized spacial score (nSPS) is 11.7. The SMILES string of the molecule is CCN(CC)c1ccc(C(=O)OC(C)C(=O)c2ccc(Cl)cc2)cc1. The average Bonchev–Trinajstić information content (AvgIpc) is 2.63. The number of rotatable bonds is 7. The molecule has 25 heavy (non-hydrogen) atoms. The number of carbonyl (C=O) groups is 2. The fourth-order valence-electron chi connectivity index (χ4n) is 2.53. The van der Waals surface area contributed by atoms with Crippen molar-refractivity contribution in [3.05, 3.63) is 64.7 Å². The number of hydrogen-bond acceptors (Lipinski definition) is 4. The summed E-state index contributed by atoms with van der Waals surface area (Å²) in [6, 6.07) is 13.7. The number of benzene rings is 2. The van der Waals surface area contributed by atoms with Gasteiger partial charge in [0.25, 0.3) is 0 Å². The summed E-state index contributed by atoms with van der Waals surface area (Å²) in [6.45, 7) is 7.52. The van der Waals surface area contributed by atoms with Crippen molar-refractivity contribution in [1.29, 1.82) is 0 Å². The summed E-state index contributed by atoms with van der Waals surface area (Å²) in [4.78, 5) is 26.8. The maximum absolute atomic E-state index is 12.3. The van der Waals surface area contributed by atoms with Gasteiger partial charge in [-0.3, -0.25) is 4.79 Å². The molecular weight excluding hydrogens is 338 g/mol. The minimum absolute atomic E-state index is 0.259. The zero-order valence-electron chi connectivity index (χ0n) is 14.7. The number of nitrogens with zero attached hydrogens (tertiary/aromatic N) is 1. The summed E-state index contributed by atoms with van der Waals surface area (Å²) in [7, 11) is 0. The number of carbonyl (C=O) groups excluding carboxylic acids is 2. The van der Waals surface area contributed by atoms with Gasteiger partial charge in [0.2, 0.25) is 5.78 Å². The van der Waals surface area contributed by atoms with Crippen LogP contribution in [0.4, 0.5) is 5.69 Å². The molecule has 0 spiro atoms. The smallest absolute Gasteiger partial charge is 0.338 e. The van der Waals surface area contributed by atoms with Gasteiger partial charge >= 0.3 is 5.97 Å². The van der Waals surface area contributed by atoms with Gasteiger partial charge in [-0.1, -0.05) is 11.6 Å². The maximum Gasteiger partial charge on any atom is 0.338 e. The molecule has 0 saturated carbocycles. The van der Waals surface area contributed by atoms with Crippen LogP contribution in [0.5, 0.6) is 0 Å². The van der Waals surface area contributed by atoms with E-state index in [-0.39, 0.29) is 5.78 Å². The van der Waals surface area contributed by atoms with E-state index in [4.69, 9.17) is 16.3 Å². The summed E-state index contributed by atoms with van der Waals surface area (Å²) in [5, 5.41) is 0.550. The Morgan fingerprint density at radius 3 is 2.00 bits per heavy atom. The molecule has 0 saturated heterocycles. The summed E-state index contributed by atoms with van der Waals surface area (Å²) >= 11 is 5.82. The van der Waals surface area contributed by atoms with Crippen LogP contribution in [0.3, 0.4) is 0 Å². The third-order valence-corrected chi connectivity index (χ3v) is 4.27. The van der Waals surface area contributed by atoms with Gasteiger partial charge in [0.15, 0.2) is 6.10 Å². The predicted molar refractivity (Wildman–Crippen MR) is 101 cm³/mol. The highest BCUT2D eigenvalue weighted by molar-refractivity contribution is 6.30. The van der Waals surface area contributed by atoms with E-state index in [0.29, 0.717) is 16.1 Å². The minimum atomic E-state index is -0.865. The van der Waals surface area contributed by atoms with Gasteiger partial charge in [-0.2, -0.15) is 0 Å². The van der Waals surface area contributed by atoms with Crippen LogP contribution >= 0.6 is 11.6 Å². The molecular formula is C20H22ClNO3. The fraction of sp³-hybridized carbons (Fsp3) is 0.300. The van der Waals surface area contributed by atoms with Crippen LogP contribution in [-0.4, -0.2) is 30.9 Å². The molecule has 2 rings (SSSR count). The third kappa shape index (κ3) is 4.83. The van der Waals surface area contributed by atoms with E-state index in [1.807, 2.05) is 12.1 Å². The second-order valence-corrected chi connectivity index (χ2v) is 6.07. The highest BCUT2D eigenvalue weighted by atomic mass is 35.5. The molecule has 2 aromatic carbocycles. The minimum Gasteiger partial charge on any atom is -0.451 e. The van der Waals surface area contributed by atoms with E-state index in [2.05, 4.69) is 18.7 Å². The van der Waals surface area contributed by atoms with Gasteiger partial charge < -0.3 is 9.64 Å². The van der Waals surface area contributed by atoms with Crippen LogP contribution in [0.15, 0.2) is 48.5 Å². The van der Waals surface area contributed by atoms with Crippen molar-refractivity contribution in [2.75, 3.05) is 18.0 Å². The molecule has 4 nitrogen and oxygen atoms in total. The Balaban J connectivity index is 2.03. The number of ketones is 1. The third-order valence-electron chi connectivity index (χ3n) is 4.01. The van der Waals surface area contributed by atoms with Crippen molar-refractivity contribution < 1.29 is 14.3 Å². The Kier molecular flexibility index (Phi) is 6.59. The predicted octanol–water partition coefficient (Wildman–Crippen LogP) is 4.61. The van der Waals surface area contributed by atoms with Crippen LogP contribution in [0.2, 0.25) is 5.02 Å². The van der Waals surface area contributed by atoms with Crippen molar-refractivity contribution in [3.63, 3.8) is 0 Å². The van der Waals surface area contributed by atoms with E-state index >= 15 is 0 Å². The second-order valence-electron chi connectivity index (χ2n) is 5.64. The summed E-state index contributed by atoms with van der Waals surface area (Å²) in [6.07, 6.45) is -0.865. The molecule has 0 aliphatic rings. The zero-order valence-corrected chi connectivity index (χ0v) is 15.4. The number of halogens is 1. The van der Waals surface area contributed by atoms with Gasteiger partial charge in [-0.15, -0.1) is 0 Å². The first-order valence-electron chi connectivity index (χ1n) is 8.32. The van der Waals surface area contributed by atoms with Crippen LogP contribution in [0.25, 0.3) is 0 Å². The molecule has 1 unspecified atom stereocenters. The Bertz CT molecular complexity index is 722. The number of hydrogen-bond donors (Lipinski definition) is 0. The second kappa shape index (κ2) is 8.67. The lowest BCUT2D eigenvalue weighted by molar-refractivity contribution is 0.0319. The highest BCUT2D eigenvalue weighted by Crippen LogP contribution is 2.17. The molecule has 0 N–H and O–H groups in total. The molecule has 0 aromatic heterocycles. The fourth-order valence-corrected chi connectivity index (χ4v) is 2.65. The lowest BCUT2D eigenvalue weighted by Crippen LogP contribution is -2.24. The molecule has 0 fully saturated rings. The van der Waals surface area contributed by atoms with Gasteiger partial charge in [0.05, 0.1) is 5.56 Å². The topological polar surface area (TPSA) is 46.6 Å².